The van der Waals surface area contributed by atoms with Gasteiger partial charge in [0.15, 0.2) is 0 Å². The van der Waals surface area contributed by atoms with Crippen molar-refractivity contribution in [3.05, 3.63) is 69.7 Å². The predicted octanol–water partition coefficient (Wildman–Crippen LogP) is 2.84. The molecule has 0 bridgehead atoms. The summed E-state index contributed by atoms with van der Waals surface area (Å²) in [6, 6.07) is 12.8. The van der Waals surface area contributed by atoms with E-state index < -0.39 is 0 Å². The number of nitrogens with one attached hydrogen (secondary N) is 2. The number of carbonyl (C=O) groups is 2. The van der Waals surface area contributed by atoms with Crippen LogP contribution in [0.2, 0.25) is 5.02 Å². The molecule has 0 spiro atoms. The molecule has 0 fully saturated rings. The Morgan fingerprint density at radius 3 is 2.54 bits per heavy atom. The summed E-state index contributed by atoms with van der Waals surface area (Å²) >= 11 is 6.89. The molecule has 28 heavy (non-hydrogen) atoms. The highest BCUT2D eigenvalue weighted by molar-refractivity contribution is 7.15. The Kier molecular flexibility index (Phi) is 6.30. The molecular formula is C18H14ClN5O3S. The van der Waals surface area contributed by atoms with E-state index >= 15 is 0 Å². The molecule has 3 aromatic rings. The molecule has 1 heterocycles. The van der Waals surface area contributed by atoms with Crippen LogP contribution in [0.25, 0.3) is 0 Å². The zero-order chi connectivity index (χ0) is 19.9. The molecule has 0 saturated carbocycles. The number of hydrazone groups is 1. The third kappa shape index (κ3) is 5.60. The van der Waals surface area contributed by atoms with E-state index in [0.717, 1.165) is 16.9 Å². The summed E-state index contributed by atoms with van der Waals surface area (Å²) in [7, 11) is 0. The van der Waals surface area contributed by atoms with Crippen LogP contribution in [0.5, 0.6) is 5.75 Å². The van der Waals surface area contributed by atoms with E-state index in [1.807, 2.05) is 0 Å². The van der Waals surface area contributed by atoms with Crippen molar-refractivity contribution in [1.29, 1.82) is 0 Å². The van der Waals surface area contributed by atoms with E-state index in [4.69, 9.17) is 11.6 Å². The first-order valence-electron chi connectivity index (χ1n) is 8.00. The lowest BCUT2D eigenvalue weighted by Gasteiger charge is -2.00. The van der Waals surface area contributed by atoms with Crippen LogP contribution >= 0.6 is 22.9 Å². The van der Waals surface area contributed by atoms with E-state index in [1.165, 1.54) is 18.3 Å². The summed E-state index contributed by atoms with van der Waals surface area (Å²) in [5.41, 5.74) is 3.54. The number of benzene rings is 2. The van der Waals surface area contributed by atoms with Gasteiger partial charge < -0.3 is 5.11 Å². The van der Waals surface area contributed by atoms with Crippen molar-refractivity contribution < 1.29 is 14.7 Å². The summed E-state index contributed by atoms with van der Waals surface area (Å²) in [4.78, 5) is 24.0. The normalized spacial score (nSPS) is 10.8. The molecule has 2 amide bonds. The van der Waals surface area contributed by atoms with Gasteiger partial charge in [-0.2, -0.15) is 5.10 Å². The first kappa shape index (κ1) is 19.5. The number of aromatic nitrogens is 2. The highest BCUT2D eigenvalue weighted by Crippen LogP contribution is 2.17. The minimum Gasteiger partial charge on any atom is -0.508 e. The smallest absolute Gasteiger partial charge is 0.257 e. The molecule has 0 aliphatic carbocycles. The van der Waals surface area contributed by atoms with Gasteiger partial charge in [0.2, 0.25) is 11.0 Å². The van der Waals surface area contributed by atoms with Crippen LogP contribution < -0.4 is 10.7 Å². The van der Waals surface area contributed by atoms with Crippen LogP contribution in [0.1, 0.15) is 20.9 Å². The Labute approximate surface area is 168 Å². The lowest BCUT2D eigenvalue weighted by atomic mass is 10.2. The van der Waals surface area contributed by atoms with E-state index in [0.29, 0.717) is 15.6 Å². The second kappa shape index (κ2) is 9.07. The third-order valence-corrected chi connectivity index (χ3v) is 4.49. The van der Waals surface area contributed by atoms with Gasteiger partial charge in [0, 0.05) is 10.6 Å². The number of phenolic OH excluding ortho intramolecular Hbond substituents is 1. The average molecular weight is 416 g/mol. The molecule has 0 unspecified atom stereocenters. The molecule has 0 radical (unpaired) electrons. The topological polar surface area (TPSA) is 117 Å². The molecule has 0 atom stereocenters. The van der Waals surface area contributed by atoms with E-state index in [1.54, 1.807) is 36.4 Å². The van der Waals surface area contributed by atoms with Crippen LogP contribution in [-0.4, -0.2) is 33.3 Å². The molecule has 142 valence electrons. The molecule has 0 aliphatic heterocycles. The maximum Gasteiger partial charge on any atom is 0.257 e. The Morgan fingerprint density at radius 1 is 1.11 bits per heavy atom. The van der Waals surface area contributed by atoms with Gasteiger partial charge in [-0.1, -0.05) is 22.9 Å². The van der Waals surface area contributed by atoms with E-state index in [9.17, 15) is 14.7 Å². The lowest BCUT2D eigenvalue weighted by Crippen LogP contribution is -2.19. The number of hydrogen-bond donors (Lipinski definition) is 3. The van der Waals surface area contributed by atoms with Gasteiger partial charge in [-0.3, -0.25) is 14.9 Å². The fourth-order valence-corrected chi connectivity index (χ4v) is 2.92. The van der Waals surface area contributed by atoms with Crippen LogP contribution in [0.15, 0.2) is 53.6 Å². The predicted molar refractivity (Wildman–Crippen MR) is 107 cm³/mol. The minimum atomic E-state index is -0.373. The van der Waals surface area contributed by atoms with E-state index in [2.05, 4.69) is 26.0 Å². The maximum atomic E-state index is 12.1. The summed E-state index contributed by atoms with van der Waals surface area (Å²) in [6.07, 6.45) is 1.43. The molecule has 10 heteroatoms. The molecule has 8 nitrogen and oxygen atoms in total. The van der Waals surface area contributed by atoms with Crippen LogP contribution in [0.3, 0.4) is 0 Å². The zero-order valence-electron chi connectivity index (χ0n) is 14.3. The van der Waals surface area contributed by atoms with Crippen molar-refractivity contribution in [3.8, 4) is 5.75 Å². The van der Waals surface area contributed by atoms with Crippen LogP contribution in [0, 0.1) is 0 Å². The monoisotopic (exact) mass is 415 g/mol. The highest BCUT2D eigenvalue weighted by atomic mass is 35.5. The highest BCUT2D eigenvalue weighted by Gasteiger charge is 2.12. The fraction of sp³-hybridized carbons (Fsp3) is 0.0556. The second-order valence-electron chi connectivity index (χ2n) is 5.52. The standard InChI is InChI=1S/C18H14ClN5O3S/c19-13-5-3-12(4-6-13)17(27)21-18-24-23-16(28-18)9-15(26)22-20-10-11-1-7-14(25)8-2-11/h1-8,10,25H,9H2,(H,22,26)(H,21,24,27)/b20-10-. The summed E-state index contributed by atoms with van der Waals surface area (Å²) in [6.45, 7) is 0. The second-order valence-corrected chi connectivity index (χ2v) is 7.02. The number of aromatic hydroxyl groups is 1. The Bertz CT molecular complexity index is 1000. The zero-order valence-corrected chi connectivity index (χ0v) is 15.9. The number of halogens is 1. The van der Waals surface area contributed by atoms with Gasteiger partial charge in [-0.15, -0.1) is 10.2 Å². The van der Waals surface area contributed by atoms with Crippen molar-refractivity contribution in [2.24, 2.45) is 5.10 Å². The van der Waals surface area contributed by atoms with Crippen LogP contribution in [-0.2, 0) is 11.2 Å². The average Bonchev–Trinajstić information content (AvgIpc) is 3.10. The van der Waals surface area contributed by atoms with Gasteiger partial charge in [-0.05, 0) is 54.1 Å². The van der Waals surface area contributed by atoms with E-state index in [-0.39, 0.29) is 29.1 Å². The van der Waals surface area contributed by atoms with Crippen molar-refractivity contribution >= 4 is 46.1 Å². The largest absolute Gasteiger partial charge is 0.508 e. The quantitative estimate of drug-likeness (QED) is 0.422. The number of amides is 2. The Hall–Kier alpha value is -3.30. The molecular weight excluding hydrogens is 402 g/mol. The summed E-state index contributed by atoms with van der Waals surface area (Å²) in [5.74, 6) is -0.569. The summed E-state index contributed by atoms with van der Waals surface area (Å²) in [5, 5.41) is 24.7. The van der Waals surface area contributed by atoms with Gasteiger partial charge >= 0.3 is 0 Å². The minimum absolute atomic E-state index is 0.0264. The van der Waals surface area contributed by atoms with Crippen molar-refractivity contribution in [2.45, 2.75) is 6.42 Å². The number of hydrogen-bond acceptors (Lipinski definition) is 7. The molecule has 0 saturated heterocycles. The van der Waals surface area contributed by atoms with Gasteiger partial charge in [0.25, 0.3) is 5.91 Å². The van der Waals surface area contributed by atoms with Crippen molar-refractivity contribution in [1.82, 2.24) is 15.6 Å². The third-order valence-electron chi connectivity index (χ3n) is 3.40. The molecule has 2 aromatic carbocycles. The van der Waals surface area contributed by atoms with Gasteiger partial charge in [-0.25, -0.2) is 5.43 Å². The first-order chi connectivity index (χ1) is 13.5. The Balaban J connectivity index is 1.50. The van der Waals surface area contributed by atoms with Crippen LogP contribution in [0.4, 0.5) is 5.13 Å². The number of phenols is 1. The Morgan fingerprint density at radius 2 is 1.82 bits per heavy atom. The number of anilines is 1. The first-order valence-corrected chi connectivity index (χ1v) is 9.19. The van der Waals surface area contributed by atoms with Gasteiger partial charge in [0.05, 0.1) is 12.6 Å². The SMILES string of the molecule is O=C(Cc1nnc(NC(=O)c2ccc(Cl)cc2)s1)N/N=C\c1ccc(O)cc1. The fourth-order valence-electron chi connectivity index (χ4n) is 2.06. The number of nitrogens with zero attached hydrogens (tertiary/aromatic N) is 3. The van der Waals surface area contributed by atoms with Crippen molar-refractivity contribution in [2.75, 3.05) is 5.32 Å². The lowest BCUT2D eigenvalue weighted by molar-refractivity contribution is -0.120. The summed E-state index contributed by atoms with van der Waals surface area (Å²) < 4.78 is 0. The molecule has 3 rings (SSSR count). The molecule has 0 aliphatic rings. The molecule has 1 aromatic heterocycles. The maximum absolute atomic E-state index is 12.1. The van der Waals surface area contributed by atoms with Gasteiger partial charge in [0.1, 0.15) is 10.8 Å². The van der Waals surface area contributed by atoms with Crippen molar-refractivity contribution in [3.63, 3.8) is 0 Å². The number of carbonyl (C=O) groups excluding carboxylic acids is 2. The number of rotatable bonds is 6. The molecule has 3 N–H and O–H groups in total.